The van der Waals surface area contributed by atoms with E-state index < -0.39 is 23.6 Å². The smallest absolute Gasteiger partial charge is 0.408 e. The maximum absolute atomic E-state index is 12.0. The molecule has 0 aliphatic heterocycles. The van der Waals surface area contributed by atoms with E-state index in [1.807, 2.05) is 0 Å². The maximum atomic E-state index is 12.0. The highest BCUT2D eigenvalue weighted by molar-refractivity contribution is 5.99. The predicted octanol–water partition coefficient (Wildman–Crippen LogP) is 2.74. The molecule has 1 atom stereocenters. The molecule has 0 fully saturated rings. The molecule has 2 amide bonds. The fraction of sp³-hybridized carbons (Fsp3) is 0.438. The number of carbonyl (C=O) groups is 3. The highest BCUT2D eigenvalue weighted by atomic mass is 16.6. The van der Waals surface area contributed by atoms with Gasteiger partial charge < -0.3 is 15.4 Å². The number of ketones is 1. The number of Topliss-reactive ketones (excluding diaryl/α,β-unsaturated/α-hetero) is 1. The van der Waals surface area contributed by atoms with Crippen molar-refractivity contribution in [2.75, 3.05) is 5.32 Å². The van der Waals surface area contributed by atoms with Crippen LogP contribution in [0.3, 0.4) is 0 Å². The van der Waals surface area contributed by atoms with E-state index in [4.69, 9.17) is 4.74 Å². The van der Waals surface area contributed by atoms with Gasteiger partial charge in [-0.1, -0.05) is 12.1 Å². The molecule has 0 aliphatic rings. The van der Waals surface area contributed by atoms with Gasteiger partial charge in [0.15, 0.2) is 5.78 Å². The van der Waals surface area contributed by atoms with Gasteiger partial charge in [-0.3, -0.25) is 9.59 Å². The molecule has 0 saturated heterocycles. The van der Waals surface area contributed by atoms with E-state index in [1.165, 1.54) is 6.92 Å². The Kier molecular flexibility index (Phi) is 5.68. The zero-order valence-electron chi connectivity index (χ0n) is 13.5. The lowest BCUT2D eigenvalue weighted by molar-refractivity contribution is -0.117. The summed E-state index contributed by atoms with van der Waals surface area (Å²) < 4.78 is 5.08. The van der Waals surface area contributed by atoms with Crippen LogP contribution < -0.4 is 10.6 Å². The van der Waals surface area contributed by atoms with Crippen molar-refractivity contribution in [3.63, 3.8) is 0 Å². The van der Waals surface area contributed by atoms with Gasteiger partial charge in [-0.15, -0.1) is 0 Å². The summed E-state index contributed by atoms with van der Waals surface area (Å²) >= 11 is 0. The number of alkyl carbamates (subject to hydrolysis) is 1. The number of benzene rings is 1. The predicted molar refractivity (Wildman–Crippen MR) is 83.9 cm³/mol. The minimum Gasteiger partial charge on any atom is -0.444 e. The van der Waals surface area contributed by atoms with E-state index >= 15 is 0 Å². The van der Waals surface area contributed by atoms with E-state index in [1.54, 1.807) is 52.0 Å². The lowest BCUT2D eigenvalue weighted by Crippen LogP contribution is -2.43. The van der Waals surface area contributed by atoms with Gasteiger partial charge in [-0.2, -0.15) is 0 Å². The van der Waals surface area contributed by atoms with Crippen LogP contribution in [-0.4, -0.2) is 29.4 Å². The van der Waals surface area contributed by atoms with Gasteiger partial charge in [-0.25, -0.2) is 4.79 Å². The molecule has 6 nitrogen and oxygen atoms in total. The average molecular weight is 306 g/mol. The fourth-order valence-corrected chi connectivity index (χ4v) is 1.62. The van der Waals surface area contributed by atoms with Crippen LogP contribution in [-0.2, 0) is 9.53 Å². The zero-order valence-corrected chi connectivity index (χ0v) is 13.5. The van der Waals surface area contributed by atoms with Crippen molar-refractivity contribution in [3.8, 4) is 0 Å². The topological polar surface area (TPSA) is 84.5 Å². The van der Waals surface area contributed by atoms with Crippen molar-refractivity contribution in [2.45, 2.75) is 46.3 Å². The lowest BCUT2D eigenvalue weighted by Gasteiger charge is -2.21. The van der Waals surface area contributed by atoms with Crippen molar-refractivity contribution in [1.29, 1.82) is 0 Å². The van der Waals surface area contributed by atoms with Crippen molar-refractivity contribution < 1.29 is 19.1 Å². The lowest BCUT2D eigenvalue weighted by atomic mass is 10.1. The molecule has 2 N–H and O–H groups in total. The summed E-state index contributed by atoms with van der Waals surface area (Å²) in [7, 11) is 0. The Morgan fingerprint density at radius 2 is 1.82 bits per heavy atom. The standard InChI is InChI=1S/C16H22N2O4/c1-10(17-15(21)22-16(3,4)5)14(20)18-13-8-6-7-12(9-13)11(2)19/h6-10H,1-5H3,(H,17,21)(H,18,20). The molecule has 0 aliphatic carbocycles. The Bertz CT molecular complexity index is 576. The van der Waals surface area contributed by atoms with Crippen LogP contribution in [0.5, 0.6) is 0 Å². The van der Waals surface area contributed by atoms with Crippen LogP contribution in [0.1, 0.15) is 45.0 Å². The van der Waals surface area contributed by atoms with Gasteiger partial charge in [0.05, 0.1) is 0 Å². The first-order chi connectivity index (χ1) is 10.1. The SMILES string of the molecule is CC(=O)c1cccc(NC(=O)C(C)NC(=O)OC(C)(C)C)c1. The van der Waals surface area contributed by atoms with Gasteiger partial charge in [0.25, 0.3) is 0 Å². The minimum absolute atomic E-state index is 0.0870. The van der Waals surface area contributed by atoms with Crippen molar-refractivity contribution in [3.05, 3.63) is 29.8 Å². The van der Waals surface area contributed by atoms with Gasteiger partial charge in [0.1, 0.15) is 11.6 Å². The summed E-state index contributed by atoms with van der Waals surface area (Å²) in [4.78, 5) is 34.9. The summed E-state index contributed by atoms with van der Waals surface area (Å²) in [5, 5.41) is 5.10. The molecule has 22 heavy (non-hydrogen) atoms. The summed E-state index contributed by atoms with van der Waals surface area (Å²) in [6, 6.07) is 5.83. The second-order valence-corrected chi connectivity index (χ2v) is 5.99. The van der Waals surface area contributed by atoms with Gasteiger partial charge in [0, 0.05) is 11.3 Å². The third-order valence-corrected chi connectivity index (χ3v) is 2.66. The molecule has 0 aromatic heterocycles. The first-order valence-corrected chi connectivity index (χ1v) is 7.00. The van der Waals surface area contributed by atoms with E-state index in [-0.39, 0.29) is 5.78 Å². The second kappa shape index (κ2) is 7.06. The van der Waals surface area contributed by atoms with Gasteiger partial charge in [-0.05, 0) is 46.8 Å². The van der Waals surface area contributed by atoms with Crippen LogP contribution in [0.2, 0.25) is 0 Å². The molecule has 1 aromatic rings. The van der Waals surface area contributed by atoms with Crippen LogP contribution >= 0.6 is 0 Å². The van der Waals surface area contributed by atoms with E-state index in [2.05, 4.69) is 10.6 Å². The van der Waals surface area contributed by atoms with Crippen molar-refractivity contribution in [2.24, 2.45) is 0 Å². The fourth-order valence-electron chi connectivity index (χ4n) is 1.62. The number of amides is 2. The molecule has 6 heteroatoms. The Hall–Kier alpha value is -2.37. The molecular weight excluding hydrogens is 284 g/mol. The number of nitrogens with one attached hydrogen (secondary N) is 2. The number of hydrogen-bond donors (Lipinski definition) is 2. The van der Waals surface area contributed by atoms with E-state index in [0.29, 0.717) is 11.3 Å². The van der Waals surface area contributed by atoms with Crippen LogP contribution in [0.25, 0.3) is 0 Å². The quantitative estimate of drug-likeness (QED) is 0.838. The largest absolute Gasteiger partial charge is 0.444 e. The molecule has 1 unspecified atom stereocenters. The summed E-state index contributed by atoms with van der Waals surface area (Å²) in [6.07, 6.45) is -0.660. The van der Waals surface area contributed by atoms with E-state index in [9.17, 15) is 14.4 Å². The third kappa shape index (κ3) is 5.95. The Balaban J connectivity index is 2.63. The summed E-state index contributed by atoms with van der Waals surface area (Å²) in [5.74, 6) is -0.484. The number of rotatable bonds is 4. The molecule has 0 bridgehead atoms. The molecule has 0 spiro atoms. The zero-order chi connectivity index (χ0) is 16.9. The monoisotopic (exact) mass is 306 g/mol. The molecule has 1 aromatic carbocycles. The first-order valence-electron chi connectivity index (χ1n) is 7.00. The second-order valence-electron chi connectivity index (χ2n) is 5.99. The van der Waals surface area contributed by atoms with Crippen LogP contribution in [0.15, 0.2) is 24.3 Å². The minimum atomic E-state index is -0.768. The third-order valence-electron chi connectivity index (χ3n) is 2.66. The molecule has 120 valence electrons. The number of hydrogen-bond acceptors (Lipinski definition) is 4. The molecule has 0 saturated carbocycles. The van der Waals surface area contributed by atoms with Crippen LogP contribution in [0, 0.1) is 0 Å². The van der Waals surface area contributed by atoms with E-state index in [0.717, 1.165) is 0 Å². The van der Waals surface area contributed by atoms with Gasteiger partial charge in [0.2, 0.25) is 5.91 Å². The Morgan fingerprint density at radius 1 is 1.18 bits per heavy atom. The highest BCUT2D eigenvalue weighted by Gasteiger charge is 2.21. The number of anilines is 1. The number of ether oxygens (including phenoxy) is 1. The molecular formula is C16H22N2O4. The normalized spacial score (nSPS) is 12.2. The van der Waals surface area contributed by atoms with Crippen molar-refractivity contribution in [1.82, 2.24) is 5.32 Å². The molecule has 0 heterocycles. The average Bonchev–Trinajstić information content (AvgIpc) is 2.36. The Morgan fingerprint density at radius 3 is 2.36 bits per heavy atom. The first kappa shape index (κ1) is 17.7. The summed E-state index contributed by atoms with van der Waals surface area (Å²) in [6.45, 7) is 8.22. The van der Waals surface area contributed by atoms with Gasteiger partial charge >= 0.3 is 6.09 Å². The molecule has 0 radical (unpaired) electrons. The molecule has 1 rings (SSSR count). The summed E-state index contributed by atoms with van der Waals surface area (Å²) in [5.41, 5.74) is 0.372. The Labute approximate surface area is 130 Å². The van der Waals surface area contributed by atoms with Crippen LogP contribution in [0.4, 0.5) is 10.5 Å². The van der Waals surface area contributed by atoms with Crippen molar-refractivity contribution >= 4 is 23.5 Å². The number of carbonyl (C=O) groups excluding carboxylic acids is 3. The highest BCUT2D eigenvalue weighted by Crippen LogP contribution is 2.12. The maximum Gasteiger partial charge on any atom is 0.408 e.